The van der Waals surface area contributed by atoms with Crippen LogP contribution in [0.3, 0.4) is 0 Å². The normalized spacial score (nSPS) is 22.4. The predicted molar refractivity (Wildman–Crippen MR) is 78.9 cm³/mol. The SMILES string of the molecule is CN(Cc1n[nH]c2c1CCCCC2)C(=O)[C@@H]1CNCCO1. The Labute approximate surface area is 125 Å². The van der Waals surface area contributed by atoms with Gasteiger partial charge in [-0.15, -0.1) is 0 Å². The van der Waals surface area contributed by atoms with Crippen molar-refractivity contribution in [2.24, 2.45) is 0 Å². The molecule has 1 aliphatic heterocycles. The van der Waals surface area contributed by atoms with Gasteiger partial charge in [-0.05, 0) is 31.2 Å². The lowest BCUT2D eigenvalue weighted by Gasteiger charge is -2.27. The van der Waals surface area contributed by atoms with E-state index >= 15 is 0 Å². The van der Waals surface area contributed by atoms with Crippen molar-refractivity contribution in [2.75, 3.05) is 26.7 Å². The summed E-state index contributed by atoms with van der Waals surface area (Å²) in [6.07, 6.45) is 5.51. The van der Waals surface area contributed by atoms with Gasteiger partial charge in [0, 0.05) is 25.8 Å². The zero-order chi connectivity index (χ0) is 14.7. The van der Waals surface area contributed by atoms with Crippen molar-refractivity contribution < 1.29 is 9.53 Å². The first kappa shape index (κ1) is 14.5. The van der Waals surface area contributed by atoms with Crippen LogP contribution in [-0.2, 0) is 28.9 Å². The molecule has 2 aliphatic rings. The molecule has 21 heavy (non-hydrogen) atoms. The van der Waals surface area contributed by atoms with Crippen LogP contribution in [0.4, 0.5) is 0 Å². The van der Waals surface area contributed by atoms with Gasteiger partial charge in [-0.1, -0.05) is 6.42 Å². The summed E-state index contributed by atoms with van der Waals surface area (Å²) in [7, 11) is 1.83. The third kappa shape index (κ3) is 3.27. The summed E-state index contributed by atoms with van der Waals surface area (Å²) in [5.41, 5.74) is 3.61. The first-order chi connectivity index (χ1) is 10.3. The fraction of sp³-hybridized carbons (Fsp3) is 0.733. The number of amides is 1. The number of nitrogens with zero attached hydrogens (tertiary/aromatic N) is 2. The summed E-state index contributed by atoms with van der Waals surface area (Å²) in [5, 5.41) is 10.8. The van der Waals surface area contributed by atoms with Crippen LogP contribution in [0.2, 0.25) is 0 Å². The molecule has 1 saturated heterocycles. The van der Waals surface area contributed by atoms with E-state index in [2.05, 4.69) is 15.5 Å². The van der Waals surface area contributed by atoms with Gasteiger partial charge in [0.1, 0.15) is 6.10 Å². The second-order valence-electron chi connectivity index (χ2n) is 5.95. The average molecular weight is 292 g/mol. The summed E-state index contributed by atoms with van der Waals surface area (Å²) < 4.78 is 5.53. The number of carbonyl (C=O) groups excluding carboxylic acids is 1. The molecule has 0 bridgehead atoms. The van der Waals surface area contributed by atoms with Gasteiger partial charge in [0.15, 0.2) is 0 Å². The first-order valence-electron chi connectivity index (χ1n) is 7.88. The van der Waals surface area contributed by atoms with Crippen molar-refractivity contribution in [2.45, 2.75) is 44.8 Å². The molecule has 0 aromatic carbocycles. The molecule has 0 unspecified atom stereocenters. The third-order valence-corrected chi connectivity index (χ3v) is 4.36. The van der Waals surface area contributed by atoms with Gasteiger partial charge in [0.25, 0.3) is 5.91 Å². The smallest absolute Gasteiger partial charge is 0.253 e. The van der Waals surface area contributed by atoms with E-state index < -0.39 is 0 Å². The van der Waals surface area contributed by atoms with Crippen molar-refractivity contribution in [1.82, 2.24) is 20.4 Å². The van der Waals surface area contributed by atoms with E-state index in [1.165, 1.54) is 30.5 Å². The minimum absolute atomic E-state index is 0.0348. The van der Waals surface area contributed by atoms with Crippen LogP contribution < -0.4 is 5.32 Å². The summed E-state index contributed by atoms with van der Waals surface area (Å²) in [6.45, 7) is 2.58. The quantitative estimate of drug-likeness (QED) is 0.802. The minimum Gasteiger partial charge on any atom is -0.366 e. The molecule has 1 aliphatic carbocycles. The van der Waals surface area contributed by atoms with Crippen LogP contribution in [0.1, 0.15) is 36.2 Å². The van der Waals surface area contributed by atoms with Gasteiger partial charge in [-0.3, -0.25) is 9.89 Å². The van der Waals surface area contributed by atoms with Crippen LogP contribution in [0.15, 0.2) is 0 Å². The molecule has 0 saturated carbocycles. The van der Waals surface area contributed by atoms with Gasteiger partial charge >= 0.3 is 0 Å². The standard InChI is InChI=1S/C15H24N4O2/c1-19(15(20)14-9-16-7-8-21-14)10-13-11-5-3-2-4-6-12(11)17-18-13/h14,16H,2-10H2,1H3,(H,17,18)/t14-/m0/s1. The number of hydrogen-bond donors (Lipinski definition) is 2. The highest BCUT2D eigenvalue weighted by molar-refractivity contribution is 5.81. The number of aryl methyl sites for hydroxylation is 1. The average Bonchev–Trinajstić information content (AvgIpc) is 2.75. The molecule has 2 N–H and O–H groups in total. The van der Waals surface area contributed by atoms with Crippen molar-refractivity contribution in [3.05, 3.63) is 17.0 Å². The minimum atomic E-state index is -0.360. The zero-order valence-corrected chi connectivity index (χ0v) is 12.7. The molecule has 3 rings (SSSR count). The van der Waals surface area contributed by atoms with Crippen LogP contribution in [-0.4, -0.2) is 53.9 Å². The van der Waals surface area contributed by atoms with Crippen molar-refractivity contribution in [1.29, 1.82) is 0 Å². The Morgan fingerprint density at radius 1 is 1.38 bits per heavy atom. The summed E-state index contributed by atoms with van der Waals surface area (Å²) >= 11 is 0. The van der Waals surface area contributed by atoms with Crippen LogP contribution in [0.5, 0.6) is 0 Å². The van der Waals surface area contributed by atoms with E-state index in [4.69, 9.17) is 4.74 Å². The van der Waals surface area contributed by atoms with E-state index in [-0.39, 0.29) is 12.0 Å². The van der Waals surface area contributed by atoms with Gasteiger partial charge in [-0.2, -0.15) is 5.10 Å². The van der Waals surface area contributed by atoms with E-state index in [1.807, 2.05) is 7.05 Å². The highest BCUT2D eigenvalue weighted by Gasteiger charge is 2.26. The summed E-state index contributed by atoms with van der Waals surface area (Å²) in [5.74, 6) is 0.0348. The Hall–Kier alpha value is -1.40. The lowest BCUT2D eigenvalue weighted by Crippen LogP contribution is -2.48. The molecule has 6 heteroatoms. The molecule has 116 valence electrons. The second-order valence-corrected chi connectivity index (χ2v) is 5.95. The predicted octanol–water partition coefficient (Wildman–Crippen LogP) is 0.625. The van der Waals surface area contributed by atoms with Crippen LogP contribution >= 0.6 is 0 Å². The van der Waals surface area contributed by atoms with Gasteiger partial charge in [0.2, 0.25) is 0 Å². The fourth-order valence-corrected chi connectivity index (χ4v) is 3.13. The lowest BCUT2D eigenvalue weighted by molar-refractivity contribution is -0.144. The fourth-order valence-electron chi connectivity index (χ4n) is 3.13. The van der Waals surface area contributed by atoms with Crippen LogP contribution in [0, 0.1) is 0 Å². The number of aromatic nitrogens is 2. The topological polar surface area (TPSA) is 70.2 Å². The van der Waals surface area contributed by atoms with Crippen LogP contribution in [0.25, 0.3) is 0 Å². The number of ether oxygens (including phenoxy) is 1. The first-order valence-corrected chi connectivity index (χ1v) is 7.88. The number of rotatable bonds is 3. The number of nitrogens with one attached hydrogen (secondary N) is 2. The molecule has 1 atom stereocenters. The molecule has 1 aromatic heterocycles. The maximum absolute atomic E-state index is 12.4. The Morgan fingerprint density at radius 3 is 3.05 bits per heavy atom. The van der Waals surface area contributed by atoms with E-state index in [1.54, 1.807) is 4.90 Å². The molecule has 1 fully saturated rings. The number of fused-ring (bicyclic) bond motifs is 1. The second kappa shape index (κ2) is 6.58. The summed E-state index contributed by atoms with van der Waals surface area (Å²) in [6, 6.07) is 0. The Morgan fingerprint density at radius 2 is 2.24 bits per heavy atom. The largest absolute Gasteiger partial charge is 0.366 e. The number of H-pyrrole nitrogens is 1. The lowest BCUT2D eigenvalue weighted by atomic mass is 10.1. The molecule has 2 heterocycles. The van der Waals surface area contributed by atoms with Gasteiger partial charge < -0.3 is 15.0 Å². The van der Waals surface area contributed by atoms with Gasteiger partial charge in [-0.25, -0.2) is 0 Å². The monoisotopic (exact) mass is 292 g/mol. The van der Waals surface area contributed by atoms with Crippen molar-refractivity contribution in [3.63, 3.8) is 0 Å². The number of likely N-dealkylation sites (N-methyl/N-ethyl adjacent to an activating group) is 1. The Kier molecular flexibility index (Phi) is 4.55. The molecule has 0 radical (unpaired) electrons. The van der Waals surface area contributed by atoms with E-state index in [0.29, 0.717) is 19.7 Å². The third-order valence-electron chi connectivity index (χ3n) is 4.36. The Balaban J connectivity index is 1.65. The maximum atomic E-state index is 12.4. The molecule has 1 amide bonds. The number of carbonyl (C=O) groups is 1. The maximum Gasteiger partial charge on any atom is 0.253 e. The summed E-state index contributed by atoms with van der Waals surface area (Å²) in [4.78, 5) is 14.1. The Bertz CT molecular complexity index is 494. The number of hydrogen-bond acceptors (Lipinski definition) is 4. The van der Waals surface area contributed by atoms with E-state index in [0.717, 1.165) is 25.1 Å². The molecule has 6 nitrogen and oxygen atoms in total. The molecule has 1 aromatic rings. The highest BCUT2D eigenvalue weighted by Crippen LogP contribution is 2.22. The highest BCUT2D eigenvalue weighted by atomic mass is 16.5. The van der Waals surface area contributed by atoms with Gasteiger partial charge in [0.05, 0.1) is 18.8 Å². The molecular formula is C15H24N4O2. The molecular weight excluding hydrogens is 268 g/mol. The zero-order valence-electron chi connectivity index (χ0n) is 12.7. The van der Waals surface area contributed by atoms with E-state index in [9.17, 15) is 4.79 Å². The van der Waals surface area contributed by atoms with Crippen molar-refractivity contribution in [3.8, 4) is 0 Å². The number of morpholine rings is 1. The van der Waals surface area contributed by atoms with Crippen molar-refractivity contribution >= 4 is 5.91 Å². The number of aromatic amines is 1. The molecule has 0 spiro atoms.